The van der Waals surface area contributed by atoms with Gasteiger partial charge in [0, 0.05) is 13.1 Å². The third kappa shape index (κ3) is 2.13. The Labute approximate surface area is 90.5 Å². The third-order valence-electron chi connectivity index (χ3n) is 1.76. The summed E-state index contributed by atoms with van der Waals surface area (Å²) in [4.78, 5) is 15.9. The monoisotopic (exact) mass is 235 g/mol. The Balaban J connectivity index is 3.01. The van der Waals surface area contributed by atoms with Crippen molar-refractivity contribution in [2.75, 3.05) is 18.0 Å². The number of aromatic nitrogens is 1. The summed E-state index contributed by atoms with van der Waals surface area (Å²) in [5, 5.41) is 11.0. The molecule has 0 aromatic carbocycles. The molecule has 1 aromatic heterocycles. The minimum absolute atomic E-state index is 0.0260. The van der Waals surface area contributed by atoms with Crippen molar-refractivity contribution in [2.45, 2.75) is 13.8 Å². The number of nitrogens with zero attached hydrogens (tertiary/aromatic N) is 3. The number of rotatable bonds is 4. The molecule has 0 spiro atoms. The van der Waals surface area contributed by atoms with E-state index in [9.17, 15) is 10.1 Å². The van der Waals surface area contributed by atoms with Gasteiger partial charge in [-0.05, 0) is 25.2 Å². The maximum Gasteiger partial charge on any atom is 0.364 e. The molecule has 0 bridgehead atoms. The lowest BCUT2D eigenvalue weighted by molar-refractivity contribution is -0.380. The average molecular weight is 236 g/mol. The molecule has 14 heavy (non-hydrogen) atoms. The van der Waals surface area contributed by atoms with E-state index < -0.39 is 4.92 Å². The van der Waals surface area contributed by atoms with E-state index in [0.717, 1.165) is 24.4 Å². The predicted molar refractivity (Wildman–Crippen MR) is 57.3 cm³/mol. The van der Waals surface area contributed by atoms with Crippen LogP contribution in [0.1, 0.15) is 13.8 Å². The van der Waals surface area contributed by atoms with E-state index >= 15 is 0 Å². The molecule has 78 valence electrons. The molecule has 0 atom stereocenters. The molecule has 0 aliphatic carbocycles. The quantitative estimate of drug-likeness (QED) is 0.595. The van der Waals surface area contributed by atoms with Gasteiger partial charge in [0.2, 0.25) is 5.15 Å². The fourth-order valence-electron chi connectivity index (χ4n) is 1.03. The van der Waals surface area contributed by atoms with Crippen molar-refractivity contribution in [2.24, 2.45) is 0 Å². The number of halogens is 1. The Hall–Kier alpha value is -0.880. The summed E-state index contributed by atoms with van der Waals surface area (Å²) >= 11 is 6.64. The number of thiazole rings is 1. The highest BCUT2D eigenvalue weighted by molar-refractivity contribution is 7.19. The summed E-state index contributed by atoms with van der Waals surface area (Å²) in [5.41, 5.74) is 0. The SMILES string of the molecule is CCN(CC)c1nc(Cl)c([N+](=O)[O-])s1. The van der Waals surface area contributed by atoms with Gasteiger partial charge in [-0.2, -0.15) is 0 Å². The van der Waals surface area contributed by atoms with E-state index in [1.807, 2.05) is 18.7 Å². The fourth-order valence-corrected chi connectivity index (χ4v) is 2.24. The molecule has 7 heteroatoms. The van der Waals surface area contributed by atoms with Crippen LogP contribution in [0.15, 0.2) is 0 Å². The van der Waals surface area contributed by atoms with Crippen LogP contribution < -0.4 is 4.90 Å². The first-order valence-corrected chi connectivity index (χ1v) is 5.35. The normalized spacial score (nSPS) is 10.2. The summed E-state index contributed by atoms with van der Waals surface area (Å²) in [7, 11) is 0. The summed E-state index contributed by atoms with van der Waals surface area (Å²) in [6.45, 7) is 5.45. The number of anilines is 1. The Bertz CT molecular complexity index is 338. The Morgan fingerprint density at radius 3 is 2.50 bits per heavy atom. The number of hydrogen-bond donors (Lipinski definition) is 0. The summed E-state index contributed by atoms with van der Waals surface area (Å²) in [6, 6.07) is 0. The van der Waals surface area contributed by atoms with E-state index in [4.69, 9.17) is 11.6 Å². The van der Waals surface area contributed by atoms with E-state index in [1.54, 1.807) is 0 Å². The lowest BCUT2D eigenvalue weighted by Crippen LogP contribution is -2.21. The maximum atomic E-state index is 10.5. The maximum absolute atomic E-state index is 10.5. The zero-order chi connectivity index (χ0) is 10.7. The molecule has 0 saturated carbocycles. The van der Waals surface area contributed by atoms with Crippen molar-refractivity contribution in [1.29, 1.82) is 0 Å². The third-order valence-corrected chi connectivity index (χ3v) is 3.20. The molecule has 0 amide bonds. The van der Waals surface area contributed by atoms with Crippen molar-refractivity contribution in [1.82, 2.24) is 4.98 Å². The standard InChI is InChI=1S/C7H10ClN3O2S/c1-3-10(4-2)7-9-5(8)6(14-7)11(12)13/h3-4H2,1-2H3. The van der Waals surface area contributed by atoms with Gasteiger partial charge in [0.25, 0.3) is 0 Å². The highest BCUT2D eigenvalue weighted by Gasteiger charge is 2.21. The molecular formula is C7H10ClN3O2S. The minimum atomic E-state index is -0.507. The van der Waals surface area contributed by atoms with Gasteiger partial charge in [-0.15, -0.1) is 0 Å². The highest BCUT2D eigenvalue weighted by Crippen LogP contribution is 2.35. The average Bonchev–Trinajstić information content (AvgIpc) is 2.50. The molecule has 5 nitrogen and oxygen atoms in total. The first kappa shape index (κ1) is 11.2. The predicted octanol–water partition coefficient (Wildman–Crippen LogP) is 2.55. The molecule has 0 radical (unpaired) electrons. The summed E-state index contributed by atoms with van der Waals surface area (Å²) in [6.07, 6.45) is 0. The lowest BCUT2D eigenvalue weighted by atomic mass is 10.6. The van der Waals surface area contributed by atoms with Crippen LogP contribution in [0.5, 0.6) is 0 Å². The molecule has 1 rings (SSSR count). The molecule has 1 aromatic rings. The van der Waals surface area contributed by atoms with E-state index in [2.05, 4.69) is 4.98 Å². The molecule has 0 unspecified atom stereocenters. The van der Waals surface area contributed by atoms with Crippen LogP contribution in [0.2, 0.25) is 5.15 Å². The van der Waals surface area contributed by atoms with Crippen LogP contribution in [0, 0.1) is 10.1 Å². The molecule has 0 fully saturated rings. The summed E-state index contributed by atoms with van der Waals surface area (Å²) < 4.78 is 0. The van der Waals surface area contributed by atoms with Crippen LogP contribution in [-0.2, 0) is 0 Å². The van der Waals surface area contributed by atoms with Gasteiger partial charge in [-0.3, -0.25) is 10.1 Å². The van der Waals surface area contributed by atoms with Crippen LogP contribution in [0.3, 0.4) is 0 Å². The van der Waals surface area contributed by atoms with Gasteiger partial charge in [0.05, 0.1) is 4.92 Å². The summed E-state index contributed by atoms with van der Waals surface area (Å²) in [5.74, 6) is 0. The fraction of sp³-hybridized carbons (Fsp3) is 0.571. The molecule has 0 aliphatic rings. The zero-order valence-electron chi connectivity index (χ0n) is 7.86. The van der Waals surface area contributed by atoms with E-state index in [-0.39, 0.29) is 10.2 Å². The van der Waals surface area contributed by atoms with Gasteiger partial charge in [-0.1, -0.05) is 11.6 Å². The smallest absolute Gasteiger partial charge is 0.348 e. The van der Waals surface area contributed by atoms with Gasteiger partial charge in [0.15, 0.2) is 5.13 Å². The van der Waals surface area contributed by atoms with Crippen LogP contribution in [0.4, 0.5) is 10.1 Å². The first-order chi connectivity index (χ1) is 6.60. The van der Waals surface area contributed by atoms with Gasteiger partial charge in [-0.25, -0.2) is 4.98 Å². The Morgan fingerprint density at radius 1 is 1.57 bits per heavy atom. The highest BCUT2D eigenvalue weighted by atomic mass is 35.5. The zero-order valence-corrected chi connectivity index (χ0v) is 9.43. The lowest BCUT2D eigenvalue weighted by Gasteiger charge is -2.15. The second-order valence-electron chi connectivity index (χ2n) is 2.52. The Morgan fingerprint density at radius 2 is 2.14 bits per heavy atom. The van der Waals surface area contributed by atoms with E-state index in [1.165, 1.54) is 0 Å². The van der Waals surface area contributed by atoms with Crippen molar-refractivity contribution < 1.29 is 4.92 Å². The topological polar surface area (TPSA) is 59.3 Å². The second kappa shape index (κ2) is 4.56. The van der Waals surface area contributed by atoms with Crippen LogP contribution >= 0.6 is 22.9 Å². The van der Waals surface area contributed by atoms with E-state index in [0.29, 0.717) is 5.13 Å². The second-order valence-corrected chi connectivity index (χ2v) is 3.84. The number of nitro groups is 1. The molecule has 0 saturated heterocycles. The molecule has 1 heterocycles. The minimum Gasteiger partial charge on any atom is -0.348 e. The number of hydrogen-bond acceptors (Lipinski definition) is 5. The van der Waals surface area contributed by atoms with Crippen LogP contribution in [-0.4, -0.2) is 23.0 Å². The van der Waals surface area contributed by atoms with Crippen molar-refractivity contribution in [3.63, 3.8) is 0 Å². The van der Waals surface area contributed by atoms with Gasteiger partial charge >= 0.3 is 5.00 Å². The van der Waals surface area contributed by atoms with Gasteiger partial charge in [0.1, 0.15) is 0 Å². The molecular weight excluding hydrogens is 226 g/mol. The van der Waals surface area contributed by atoms with Crippen molar-refractivity contribution >= 4 is 33.1 Å². The van der Waals surface area contributed by atoms with Crippen LogP contribution in [0.25, 0.3) is 0 Å². The largest absolute Gasteiger partial charge is 0.364 e. The Kier molecular flexibility index (Phi) is 3.65. The first-order valence-electron chi connectivity index (χ1n) is 4.15. The molecule has 0 aliphatic heterocycles. The van der Waals surface area contributed by atoms with Gasteiger partial charge < -0.3 is 4.90 Å². The van der Waals surface area contributed by atoms with Crippen molar-refractivity contribution in [3.8, 4) is 0 Å². The van der Waals surface area contributed by atoms with Crippen molar-refractivity contribution in [3.05, 3.63) is 15.3 Å². The molecule has 0 N–H and O–H groups in total.